The third-order valence-corrected chi connectivity index (χ3v) is 3.31. The van der Waals surface area contributed by atoms with Gasteiger partial charge in [-0.05, 0) is 24.6 Å². The number of nitrogens with zero attached hydrogens (tertiary/aromatic N) is 2. The minimum Gasteiger partial charge on any atom is -0.459 e. The van der Waals surface area contributed by atoms with Gasteiger partial charge >= 0.3 is 6.01 Å². The van der Waals surface area contributed by atoms with Gasteiger partial charge in [-0.1, -0.05) is 48.0 Å². The Kier molecular flexibility index (Phi) is 4.86. The number of hydrazine groups is 1. The molecule has 0 aliphatic heterocycles. The Bertz CT molecular complexity index is 794. The minimum atomic E-state index is -0.568. The van der Waals surface area contributed by atoms with E-state index in [4.69, 9.17) is 4.74 Å². The Morgan fingerprint density at radius 1 is 1.00 bits per heavy atom. The lowest BCUT2D eigenvalue weighted by Crippen LogP contribution is -2.12. The molecule has 0 atom stereocenters. The first kappa shape index (κ1) is 15.7. The molecule has 5 nitrogen and oxygen atoms in total. The first-order valence-corrected chi connectivity index (χ1v) is 7.49. The molecule has 1 aromatic heterocycles. The van der Waals surface area contributed by atoms with Gasteiger partial charge in [-0.2, -0.15) is 4.98 Å². The molecule has 0 unspecified atom stereocenters. The molecule has 0 saturated heterocycles. The number of para-hydroxylation sites is 1. The number of aryl methyl sites for hydroxylation is 1. The van der Waals surface area contributed by atoms with E-state index in [-0.39, 0.29) is 11.8 Å². The van der Waals surface area contributed by atoms with E-state index in [1.807, 2.05) is 61.5 Å². The zero-order valence-electron chi connectivity index (χ0n) is 13.2. The highest BCUT2D eigenvalue weighted by atomic mass is 19.1. The fourth-order valence-electron chi connectivity index (χ4n) is 1.99. The quantitative estimate of drug-likeness (QED) is 0.673. The van der Waals surface area contributed by atoms with Gasteiger partial charge in [-0.25, -0.2) is 9.37 Å². The van der Waals surface area contributed by atoms with E-state index >= 15 is 0 Å². The number of hydrogen-bond acceptors (Lipinski definition) is 5. The molecular formula is C18H17FN4O. The number of ether oxygens (including phenoxy) is 1. The van der Waals surface area contributed by atoms with Gasteiger partial charge in [0.25, 0.3) is 0 Å². The van der Waals surface area contributed by atoms with Crippen molar-refractivity contribution in [2.75, 3.05) is 10.9 Å². The van der Waals surface area contributed by atoms with Crippen LogP contribution in [-0.4, -0.2) is 9.97 Å². The third kappa shape index (κ3) is 4.19. The second-order valence-corrected chi connectivity index (χ2v) is 5.24. The molecule has 24 heavy (non-hydrogen) atoms. The van der Waals surface area contributed by atoms with Gasteiger partial charge in [0, 0.05) is 0 Å². The van der Waals surface area contributed by atoms with Gasteiger partial charge in [0.2, 0.25) is 0 Å². The Morgan fingerprint density at radius 3 is 2.50 bits per heavy atom. The Morgan fingerprint density at radius 2 is 1.75 bits per heavy atom. The maximum Gasteiger partial charge on any atom is 0.318 e. The second kappa shape index (κ2) is 7.41. The predicted octanol–water partition coefficient (Wildman–Crippen LogP) is 3.94. The van der Waals surface area contributed by atoms with Crippen LogP contribution in [-0.2, 0) is 6.61 Å². The summed E-state index contributed by atoms with van der Waals surface area (Å²) in [6.07, 6.45) is 1.08. The van der Waals surface area contributed by atoms with E-state index in [0.29, 0.717) is 6.61 Å². The molecule has 0 radical (unpaired) electrons. The molecule has 0 fully saturated rings. The van der Waals surface area contributed by atoms with Crippen LogP contribution in [0.5, 0.6) is 6.01 Å². The maximum absolute atomic E-state index is 13.8. The number of anilines is 2. The zero-order chi connectivity index (χ0) is 16.8. The van der Waals surface area contributed by atoms with E-state index in [2.05, 4.69) is 20.8 Å². The van der Waals surface area contributed by atoms with Gasteiger partial charge < -0.3 is 4.74 Å². The van der Waals surface area contributed by atoms with Crippen molar-refractivity contribution in [2.24, 2.45) is 0 Å². The van der Waals surface area contributed by atoms with Crippen LogP contribution in [0.25, 0.3) is 0 Å². The summed E-state index contributed by atoms with van der Waals surface area (Å²) in [4.78, 5) is 7.89. The van der Waals surface area contributed by atoms with Crippen LogP contribution < -0.4 is 15.6 Å². The molecule has 122 valence electrons. The molecule has 3 aromatic rings. The fraction of sp³-hybridized carbons (Fsp3) is 0.111. The topological polar surface area (TPSA) is 59.1 Å². The van der Waals surface area contributed by atoms with Crippen molar-refractivity contribution >= 4 is 11.5 Å². The average molecular weight is 324 g/mol. The van der Waals surface area contributed by atoms with Gasteiger partial charge in [0.1, 0.15) is 6.61 Å². The second-order valence-electron chi connectivity index (χ2n) is 5.24. The lowest BCUT2D eigenvalue weighted by atomic mass is 10.2. The summed E-state index contributed by atoms with van der Waals surface area (Å²) in [5.74, 6) is -0.547. The SMILES string of the molecule is Cc1ccc(COc2ncc(F)c(NNc3ccccc3)n2)cc1. The molecule has 0 saturated carbocycles. The fourth-order valence-corrected chi connectivity index (χ4v) is 1.99. The molecule has 0 amide bonds. The highest BCUT2D eigenvalue weighted by molar-refractivity contribution is 5.49. The monoisotopic (exact) mass is 324 g/mol. The number of rotatable bonds is 6. The molecule has 3 rings (SSSR count). The lowest BCUT2D eigenvalue weighted by Gasteiger charge is -2.11. The Labute approximate surface area is 139 Å². The molecule has 0 spiro atoms. The minimum absolute atomic E-state index is 0.0211. The van der Waals surface area contributed by atoms with Crippen molar-refractivity contribution in [3.63, 3.8) is 0 Å². The summed E-state index contributed by atoms with van der Waals surface area (Å²) in [6.45, 7) is 2.34. The van der Waals surface area contributed by atoms with Crippen LogP contribution in [0.2, 0.25) is 0 Å². The first-order chi connectivity index (χ1) is 11.7. The van der Waals surface area contributed by atoms with Crippen molar-refractivity contribution in [3.05, 3.63) is 77.7 Å². The van der Waals surface area contributed by atoms with Crippen LogP contribution >= 0.6 is 0 Å². The van der Waals surface area contributed by atoms with E-state index in [9.17, 15) is 4.39 Å². The average Bonchev–Trinajstić information content (AvgIpc) is 2.62. The number of benzene rings is 2. The van der Waals surface area contributed by atoms with Gasteiger partial charge in [-0.3, -0.25) is 10.9 Å². The summed E-state index contributed by atoms with van der Waals surface area (Å²) in [5.41, 5.74) is 8.55. The van der Waals surface area contributed by atoms with Crippen molar-refractivity contribution in [2.45, 2.75) is 13.5 Å². The highest BCUT2D eigenvalue weighted by Crippen LogP contribution is 2.15. The van der Waals surface area contributed by atoms with E-state index in [0.717, 1.165) is 17.4 Å². The Balaban J connectivity index is 1.63. The standard InChI is InChI=1S/C18H17FN4O/c1-13-7-9-14(10-8-13)12-24-18-20-11-16(19)17(21-18)23-22-15-5-3-2-4-6-15/h2-11,22H,12H2,1H3,(H,20,21,23). The summed E-state index contributed by atoms with van der Waals surface area (Å²) in [7, 11) is 0. The molecule has 0 bridgehead atoms. The summed E-state index contributed by atoms with van der Waals surface area (Å²) < 4.78 is 19.3. The zero-order valence-corrected chi connectivity index (χ0v) is 13.2. The van der Waals surface area contributed by atoms with E-state index in [1.165, 1.54) is 5.56 Å². The smallest absolute Gasteiger partial charge is 0.318 e. The highest BCUT2D eigenvalue weighted by Gasteiger charge is 2.08. The Hall–Kier alpha value is -3.15. The van der Waals surface area contributed by atoms with E-state index < -0.39 is 5.82 Å². The van der Waals surface area contributed by atoms with E-state index in [1.54, 1.807) is 0 Å². The first-order valence-electron chi connectivity index (χ1n) is 7.49. The van der Waals surface area contributed by atoms with Crippen LogP contribution in [0.15, 0.2) is 60.8 Å². The predicted molar refractivity (Wildman–Crippen MR) is 91.2 cm³/mol. The molecule has 6 heteroatoms. The summed E-state index contributed by atoms with van der Waals surface area (Å²) in [6, 6.07) is 17.4. The molecule has 1 heterocycles. The van der Waals surface area contributed by atoms with Gasteiger partial charge in [-0.15, -0.1) is 0 Å². The maximum atomic E-state index is 13.8. The number of aromatic nitrogens is 2. The summed E-state index contributed by atoms with van der Waals surface area (Å²) >= 11 is 0. The number of hydrogen-bond donors (Lipinski definition) is 2. The molecule has 2 aromatic carbocycles. The lowest BCUT2D eigenvalue weighted by molar-refractivity contribution is 0.280. The van der Waals surface area contributed by atoms with Crippen LogP contribution in [0.3, 0.4) is 0 Å². The van der Waals surface area contributed by atoms with Gasteiger partial charge in [0.15, 0.2) is 11.6 Å². The van der Waals surface area contributed by atoms with Crippen molar-refractivity contribution in [1.82, 2.24) is 9.97 Å². The van der Waals surface area contributed by atoms with Crippen molar-refractivity contribution in [3.8, 4) is 6.01 Å². The van der Waals surface area contributed by atoms with Crippen LogP contribution in [0.4, 0.5) is 15.9 Å². The normalized spacial score (nSPS) is 10.2. The summed E-state index contributed by atoms with van der Waals surface area (Å²) in [5, 5.41) is 0. The van der Waals surface area contributed by atoms with Crippen LogP contribution in [0.1, 0.15) is 11.1 Å². The molecule has 0 aliphatic rings. The molecule has 0 aliphatic carbocycles. The third-order valence-electron chi connectivity index (χ3n) is 3.31. The van der Waals surface area contributed by atoms with Crippen LogP contribution in [0, 0.1) is 12.7 Å². The molecular weight excluding hydrogens is 307 g/mol. The largest absolute Gasteiger partial charge is 0.459 e. The van der Waals surface area contributed by atoms with Gasteiger partial charge in [0.05, 0.1) is 11.9 Å². The number of halogens is 1. The van der Waals surface area contributed by atoms with Crippen molar-refractivity contribution < 1.29 is 9.13 Å². The van der Waals surface area contributed by atoms with Crippen molar-refractivity contribution in [1.29, 1.82) is 0 Å². The molecule has 2 N–H and O–H groups in total. The number of nitrogens with one attached hydrogen (secondary N) is 2.